The van der Waals surface area contributed by atoms with Crippen molar-refractivity contribution >= 4 is 22.0 Å². The number of carbonyl (C=O) groups is 1. The molecule has 2 aromatic carbocycles. The number of rotatable bonds is 4. The van der Waals surface area contributed by atoms with Gasteiger partial charge in [-0.2, -0.15) is 0 Å². The standard InChI is InChI=1S/C19H19NO5S/c1-14-3-7-16(8-4-14)26(22,23)20-19(21)10-6-15-5-9-17-18(13-15)25-12-2-11-24-17/h3-10,13H,2,11-12H2,1H3,(H,20,21)/b10-6+. The van der Waals surface area contributed by atoms with Gasteiger partial charge in [0.05, 0.1) is 18.1 Å². The number of hydrogen-bond donors (Lipinski definition) is 1. The van der Waals surface area contributed by atoms with Crippen LogP contribution in [0.4, 0.5) is 0 Å². The van der Waals surface area contributed by atoms with E-state index in [1.807, 2.05) is 11.6 Å². The topological polar surface area (TPSA) is 81.7 Å². The lowest BCUT2D eigenvalue weighted by atomic mass is 10.2. The van der Waals surface area contributed by atoms with Gasteiger partial charge in [0.25, 0.3) is 15.9 Å². The maximum atomic E-state index is 12.2. The Hall–Kier alpha value is -2.80. The van der Waals surface area contributed by atoms with Crippen molar-refractivity contribution in [1.82, 2.24) is 4.72 Å². The first-order chi connectivity index (χ1) is 12.4. The van der Waals surface area contributed by atoms with Gasteiger partial charge >= 0.3 is 0 Å². The number of sulfonamides is 1. The molecule has 1 heterocycles. The van der Waals surface area contributed by atoms with E-state index in [2.05, 4.69) is 0 Å². The SMILES string of the molecule is Cc1ccc(S(=O)(=O)NC(=O)/C=C/c2ccc3c(c2)OCCCO3)cc1. The number of benzene rings is 2. The Morgan fingerprint density at radius 1 is 1.04 bits per heavy atom. The van der Waals surface area contributed by atoms with Gasteiger partial charge in [-0.05, 0) is 42.8 Å². The zero-order chi connectivity index (χ0) is 18.6. The van der Waals surface area contributed by atoms with Crippen molar-refractivity contribution in [2.45, 2.75) is 18.2 Å². The lowest BCUT2D eigenvalue weighted by Gasteiger charge is -2.07. The highest BCUT2D eigenvalue weighted by atomic mass is 32.2. The molecule has 1 aliphatic rings. The molecule has 26 heavy (non-hydrogen) atoms. The summed E-state index contributed by atoms with van der Waals surface area (Å²) in [6, 6.07) is 11.5. The third-order valence-corrected chi connectivity index (χ3v) is 5.13. The Kier molecular flexibility index (Phi) is 5.27. The van der Waals surface area contributed by atoms with E-state index in [-0.39, 0.29) is 4.90 Å². The number of carbonyl (C=O) groups excluding carboxylic acids is 1. The zero-order valence-corrected chi connectivity index (χ0v) is 15.1. The lowest BCUT2D eigenvalue weighted by molar-refractivity contribution is -0.114. The highest BCUT2D eigenvalue weighted by Gasteiger charge is 2.16. The van der Waals surface area contributed by atoms with Crippen LogP contribution in [-0.4, -0.2) is 27.5 Å². The summed E-state index contributed by atoms with van der Waals surface area (Å²) < 4.78 is 37.5. The Labute approximate surface area is 152 Å². The van der Waals surface area contributed by atoms with Crippen LogP contribution in [0.15, 0.2) is 53.4 Å². The summed E-state index contributed by atoms with van der Waals surface area (Å²) in [5, 5.41) is 0. The second kappa shape index (κ2) is 7.61. The van der Waals surface area contributed by atoms with Crippen LogP contribution in [0.2, 0.25) is 0 Å². The number of ether oxygens (including phenoxy) is 2. The van der Waals surface area contributed by atoms with E-state index in [1.54, 1.807) is 30.3 Å². The molecule has 6 nitrogen and oxygen atoms in total. The number of nitrogens with one attached hydrogen (secondary N) is 1. The summed E-state index contributed by atoms with van der Waals surface area (Å²) in [4.78, 5) is 12.0. The van der Waals surface area contributed by atoms with Gasteiger partial charge < -0.3 is 9.47 Å². The second-order valence-corrected chi connectivity index (χ2v) is 7.56. The van der Waals surface area contributed by atoms with Crippen molar-refractivity contribution < 1.29 is 22.7 Å². The Bertz CT molecular complexity index is 933. The van der Waals surface area contributed by atoms with E-state index in [0.29, 0.717) is 30.3 Å². The number of fused-ring (bicyclic) bond motifs is 1. The van der Waals surface area contributed by atoms with Gasteiger partial charge in [0.1, 0.15) is 0 Å². The van der Waals surface area contributed by atoms with Crippen LogP contribution in [0.5, 0.6) is 11.5 Å². The molecule has 0 bridgehead atoms. The van der Waals surface area contributed by atoms with Crippen LogP contribution in [0.25, 0.3) is 6.08 Å². The van der Waals surface area contributed by atoms with Crippen molar-refractivity contribution in [1.29, 1.82) is 0 Å². The van der Waals surface area contributed by atoms with E-state index in [9.17, 15) is 13.2 Å². The molecule has 0 unspecified atom stereocenters. The molecule has 0 spiro atoms. The van der Waals surface area contributed by atoms with Gasteiger partial charge in [0.2, 0.25) is 0 Å². The van der Waals surface area contributed by atoms with Crippen molar-refractivity contribution in [3.05, 3.63) is 59.7 Å². The Balaban J connectivity index is 1.69. The lowest BCUT2D eigenvalue weighted by Crippen LogP contribution is -2.28. The van der Waals surface area contributed by atoms with Crippen LogP contribution in [0, 0.1) is 6.92 Å². The molecule has 0 radical (unpaired) electrons. The molecule has 2 aromatic rings. The predicted molar refractivity (Wildman–Crippen MR) is 97.6 cm³/mol. The fourth-order valence-electron chi connectivity index (χ4n) is 2.40. The largest absolute Gasteiger partial charge is 0.490 e. The van der Waals surface area contributed by atoms with E-state index in [1.165, 1.54) is 24.3 Å². The maximum absolute atomic E-state index is 12.2. The smallest absolute Gasteiger partial charge is 0.264 e. The molecule has 1 aliphatic heterocycles. The van der Waals surface area contributed by atoms with Crippen molar-refractivity contribution in [3.63, 3.8) is 0 Å². The van der Waals surface area contributed by atoms with Crippen LogP contribution in [0.3, 0.4) is 0 Å². The van der Waals surface area contributed by atoms with Gasteiger partial charge in [-0.15, -0.1) is 0 Å². The molecule has 0 atom stereocenters. The fraction of sp³-hybridized carbons (Fsp3) is 0.211. The molecule has 3 rings (SSSR count). The van der Waals surface area contributed by atoms with Crippen molar-refractivity contribution in [2.75, 3.05) is 13.2 Å². The Morgan fingerprint density at radius 2 is 1.73 bits per heavy atom. The second-order valence-electron chi connectivity index (χ2n) is 5.87. The first kappa shape index (κ1) is 18.0. The summed E-state index contributed by atoms with van der Waals surface area (Å²) in [6.07, 6.45) is 3.50. The summed E-state index contributed by atoms with van der Waals surface area (Å²) in [7, 11) is -3.90. The summed E-state index contributed by atoms with van der Waals surface area (Å²) >= 11 is 0. The van der Waals surface area contributed by atoms with Gasteiger partial charge in [-0.25, -0.2) is 13.1 Å². The molecule has 0 saturated heterocycles. The minimum atomic E-state index is -3.90. The number of hydrogen-bond acceptors (Lipinski definition) is 5. The average molecular weight is 373 g/mol. The molecule has 0 fully saturated rings. The maximum Gasteiger partial charge on any atom is 0.264 e. The number of amides is 1. The highest BCUT2D eigenvalue weighted by molar-refractivity contribution is 7.90. The van der Waals surface area contributed by atoms with Crippen LogP contribution in [-0.2, 0) is 14.8 Å². The summed E-state index contributed by atoms with van der Waals surface area (Å²) in [6.45, 7) is 3.02. The van der Waals surface area contributed by atoms with Crippen LogP contribution in [0.1, 0.15) is 17.5 Å². The minimum absolute atomic E-state index is 0.0421. The predicted octanol–water partition coefficient (Wildman–Crippen LogP) is 2.67. The molecule has 0 aromatic heterocycles. The average Bonchev–Trinajstić information content (AvgIpc) is 2.85. The zero-order valence-electron chi connectivity index (χ0n) is 14.3. The molecule has 0 aliphatic carbocycles. The third kappa shape index (κ3) is 4.43. The molecule has 136 valence electrons. The molecule has 0 saturated carbocycles. The van der Waals surface area contributed by atoms with Gasteiger partial charge in [0.15, 0.2) is 11.5 Å². The quantitative estimate of drug-likeness (QED) is 0.834. The first-order valence-electron chi connectivity index (χ1n) is 8.15. The van der Waals surface area contributed by atoms with Crippen molar-refractivity contribution in [2.24, 2.45) is 0 Å². The normalized spacial score (nSPS) is 14.0. The van der Waals surface area contributed by atoms with E-state index in [0.717, 1.165) is 12.0 Å². The molecule has 1 N–H and O–H groups in total. The van der Waals surface area contributed by atoms with Gasteiger partial charge in [-0.3, -0.25) is 4.79 Å². The van der Waals surface area contributed by atoms with Crippen LogP contribution < -0.4 is 14.2 Å². The fourth-order valence-corrected chi connectivity index (χ4v) is 3.34. The molecule has 1 amide bonds. The summed E-state index contributed by atoms with van der Waals surface area (Å²) in [5.41, 5.74) is 1.64. The molecular weight excluding hydrogens is 354 g/mol. The molecular formula is C19H19NO5S. The summed E-state index contributed by atoms with van der Waals surface area (Å²) in [5.74, 6) is 0.543. The van der Waals surface area contributed by atoms with Gasteiger partial charge in [-0.1, -0.05) is 23.8 Å². The minimum Gasteiger partial charge on any atom is -0.490 e. The van der Waals surface area contributed by atoms with E-state index >= 15 is 0 Å². The Morgan fingerprint density at radius 3 is 2.46 bits per heavy atom. The molecule has 7 heteroatoms. The number of aryl methyl sites for hydroxylation is 1. The third-order valence-electron chi connectivity index (χ3n) is 3.76. The van der Waals surface area contributed by atoms with Gasteiger partial charge in [0, 0.05) is 12.5 Å². The van der Waals surface area contributed by atoms with Crippen LogP contribution >= 0.6 is 0 Å². The first-order valence-corrected chi connectivity index (χ1v) is 9.63. The van der Waals surface area contributed by atoms with E-state index in [4.69, 9.17) is 9.47 Å². The van der Waals surface area contributed by atoms with Crippen molar-refractivity contribution in [3.8, 4) is 11.5 Å². The van der Waals surface area contributed by atoms with E-state index < -0.39 is 15.9 Å². The monoisotopic (exact) mass is 373 g/mol. The highest BCUT2D eigenvalue weighted by Crippen LogP contribution is 2.30.